The minimum atomic E-state index is -0.631. The number of carbonyl (C=O) groups excluding carboxylic acids is 3. The fourth-order valence-electron chi connectivity index (χ4n) is 5.86. The number of nitrogens with one attached hydrogen (secondary N) is 4. The highest BCUT2D eigenvalue weighted by molar-refractivity contribution is 6.04. The number of methoxy groups -OCH3 is 1. The zero-order valence-corrected chi connectivity index (χ0v) is 25.2. The molecule has 3 amide bonds. The lowest BCUT2D eigenvalue weighted by molar-refractivity contribution is -0.131. The van der Waals surface area contributed by atoms with E-state index >= 15 is 0 Å². The first-order valence-corrected chi connectivity index (χ1v) is 15.2. The lowest BCUT2D eigenvalue weighted by Crippen LogP contribution is -2.43. The molecule has 1 unspecified atom stereocenters. The number of amides is 3. The van der Waals surface area contributed by atoms with Crippen LogP contribution in [0.15, 0.2) is 79.0 Å². The number of hydrogen-bond donors (Lipinski definition) is 4. The van der Waals surface area contributed by atoms with Gasteiger partial charge in [0.25, 0.3) is 5.91 Å². The number of nitrogens with zero attached hydrogens (tertiary/aromatic N) is 3. The number of aromatic nitrogens is 2. The predicted molar refractivity (Wildman–Crippen MR) is 173 cm³/mol. The van der Waals surface area contributed by atoms with E-state index in [1.54, 1.807) is 11.1 Å². The Hall–Kier alpha value is -5.16. The quantitative estimate of drug-likeness (QED) is 0.233. The van der Waals surface area contributed by atoms with Gasteiger partial charge in [0.1, 0.15) is 12.4 Å². The van der Waals surface area contributed by atoms with Crippen LogP contribution in [0.2, 0.25) is 0 Å². The van der Waals surface area contributed by atoms with Crippen LogP contribution in [0, 0.1) is 0 Å². The summed E-state index contributed by atoms with van der Waals surface area (Å²) in [5.74, 6) is 0.419. The molecule has 2 saturated heterocycles. The fraction of sp³-hybridized carbons (Fsp3) is 0.294. The molecule has 2 aliphatic heterocycles. The standard InChI is InChI=1S/C34H37N7O4/c1-45-34(44)37-22-31(42)41-18-2-3-30(41)32-36-21-29(39-32)25-6-4-23(5-7-25)24-8-12-27(13-9-24)38-33(43)26-10-14-28(15-11-26)40-19-16-35-17-20-40/h4-15,21,30,35H,2-3,16-20,22H2,1H3,(H,36,39)(H,37,44)(H,38,43). The Labute approximate surface area is 262 Å². The maximum atomic E-state index is 12.8. The maximum absolute atomic E-state index is 12.8. The van der Waals surface area contributed by atoms with Crippen LogP contribution in [0.25, 0.3) is 22.4 Å². The monoisotopic (exact) mass is 607 g/mol. The van der Waals surface area contributed by atoms with Crippen LogP contribution in [0.1, 0.15) is 35.1 Å². The maximum Gasteiger partial charge on any atom is 0.407 e. The highest BCUT2D eigenvalue weighted by Gasteiger charge is 2.32. The Morgan fingerprint density at radius 1 is 0.889 bits per heavy atom. The zero-order chi connectivity index (χ0) is 31.2. The van der Waals surface area contributed by atoms with Crippen molar-refractivity contribution in [2.45, 2.75) is 18.9 Å². The largest absolute Gasteiger partial charge is 0.453 e. The van der Waals surface area contributed by atoms with E-state index in [0.717, 1.165) is 78.6 Å². The number of imidazole rings is 1. The lowest BCUT2D eigenvalue weighted by atomic mass is 10.0. The summed E-state index contributed by atoms with van der Waals surface area (Å²) in [5, 5.41) is 8.80. The first kappa shape index (κ1) is 29.9. The van der Waals surface area contributed by atoms with Gasteiger partial charge in [0.15, 0.2) is 0 Å². The molecule has 0 aliphatic carbocycles. The highest BCUT2D eigenvalue weighted by Crippen LogP contribution is 2.32. The minimum absolute atomic E-state index is 0.114. The number of carbonyl (C=O) groups is 3. The summed E-state index contributed by atoms with van der Waals surface area (Å²) < 4.78 is 4.56. The van der Waals surface area contributed by atoms with Gasteiger partial charge in [0.2, 0.25) is 5.91 Å². The fourth-order valence-corrected chi connectivity index (χ4v) is 5.86. The Bertz CT molecular complexity index is 1630. The molecule has 1 atom stereocenters. The number of aromatic amines is 1. The number of H-pyrrole nitrogens is 1. The third kappa shape index (κ3) is 6.99. The molecule has 4 N–H and O–H groups in total. The molecular weight excluding hydrogens is 570 g/mol. The molecule has 45 heavy (non-hydrogen) atoms. The van der Waals surface area contributed by atoms with E-state index in [2.05, 4.69) is 35.6 Å². The van der Waals surface area contributed by atoms with Gasteiger partial charge >= 0.3 is 6.09 Å². The first-order valence-electron chi connectivity index (χ1n) is 15.2. The Kier molecular flexibility index (Phi) is 9.06. The number of piperazine rings is 1. The van der Waals surface area contributed by atoms with Crippen molar-refractivity contribution in [3.63, 3.8) is 0 Å². The van der Waals surface area contributed by atoms with Crippen LogP contribution in [-0.2, 0) is 9.53 Å². The lowest BCUT2D eigenvalue weighted by Gasteiger charge is -2.29. The van der Waals surface area contributed by atoms with Gasteiger partial charge in [-0.2, -0.15) is 0 Å². The van der Waals surface area contributed by atoms with Crippen molar-refractivity contribution in [1.82, 2.24) is 25.5 Å². The van der Waals surface area contributed by atoms with Gasteiger partial charge in [-0.3, -0.25) is 9.59 Å². The van der Waals surface area contributed by atoms with Crippen LogP contribution in [0.5, 0.6) is 0 Å². The molecule has 3 heterocycles. The summed E-state index contributed by atoms with van der Waals surface area (Å²) in [4.78, 5) is 48.9. The zero-order valence-electron chi connectivity index (χ0n) is 25.2. The van der Waals surface area contributed by atoms with Gasteiger partial charge < -0.3 is 35.5 Å². The van der Waals surface area contributed by atoms with Crippen LogP contribution in [-0.4, -0.2) is 79.2 Å². The van der Waals surface area contributed by atoms with Crippen molar-refractivity contribution in [2.24, 2.45) is 0 Å². The van der Waals surface area contributed by atoms with Gasteiger partial charge in [-0.25, -0.2) is 9.78 Å². The van der Waals surface area contributed by atoms with Crippen molar-refractivity contribution < 1.29 is 19.1 Å². The molecule has 4 aromatic rings. The normalized spacial score (nSPS) is 16.3. The van der Waals surface area contributed by atoms with Crippen LogP contribution < -0.4 is 20.9 Å². The molecule has 0 spiro atoms. The van der Waals surface area contributed by atoms with E-state index in [-0.39, 0.29) is 24.4 Å². The summed E-state index contributed by atoms with van der Waals surface area (Å²) >= 11 is 0. The van der Waals surface area contributed by atoms with Gasteiger partial charge in [-0.1, -0.05) is 36.4 Å². The molecule has 1 aromatic heterocycles. The third-order valence-electron chi connectivity index (χ3n) is 8.34. The summed E-state index contributed by atoms with van der Waals surface area (Å²) in [6.45, 7) is 4.37. The SMILES string of the molecule is COC(=O)NCC(=O)N1CCCC1c1ncc(-c2ccc(-c3ccc(NC(=O)c4ccc(N5CCNCC5)cc4)cc3)cc2)[nH]1. The molecule has 232 valence electrons. The second kappa shape index (κ2) is 13.6. The van der Waals surface area contributed by atoms with Gasteiger partial charge in [0, 0.05) is 49.7 Å². The van der Waals surface area contributed by atoms with Crippen molar-refractivity contribution in [3.05, 3.63) is 90.4 Å². The van der Waals surface area contributed by atoms with Crippen LogP contribution in [0.4, 0.5) is 16.2 Å². The molecule has 0 bridgehead atoms. The number of ether oxygens (including phenoxy) is 1. The van der Waals surface area contributed by atoms with E-state index in [0.29, 0.717) is 12.1 Å². The average molecular weight is 608 g/mol. The van der Waals surface area contributed by atoms with Crippen LogP contribution >= 0.6 is 0 Å². The summed E-state index contributed by atoms with van der Waals surface area (Å²) in [6, 6.07) is 23.6. The van der Waals surface area contributed by atoms with E-state index in [4.69, 9.17) is 0 Å². The highest BCUT2D eigenvalue weighted by atomic mass is 16.5. The Morgan fingerprint density at radius 2 is 1.56 bits per heavy atom. The second-order valence-corrected chi connectivity index (χ2v) is 11.2. The molecule has 2 aliphatic rings. The van der Waals surface area contributed by atoms with Crippen molar-refractivity contribution in [1.29, 1.82) is 0 Å². The molecule has 6 rings (SSSR count). The van der Waals surface area contributed by atoms with Crippen molar-refractivity contribution in [2.75, 3.05) is 56.6 Å². The molecule has 2 fully saturated rings. The molecule has 0 radical (unpaired) electrons. The Morgan fingerprint density at radius 3 is 2.24 bits per heavy atom. The van der Waals surface area contributed by atoms with E-state index < -0.39 is 6.09 Å². The average Bonchev–Trinajstić information content (AvgIpc) is 3.79. The number of rotatable bonds is 8. The van der Waals surface area contributed by atoms with Gasteiger partial charge in [-0.05, 0) is 65.9 Å². The topological polar surface area (TPSA) is 132 Å². The van der Waals surface area contributed by atoms with E-state index in [9.17, 15) is 14.4 Å². The van der Waals surface area contributed by atoms with Gasteiger partial charge in [0.05, 0.1) is 25.0 Å². The van der Waals surface area contributed by atoms with Crippen molar-refractivity contribution >= 4 is 29.3 Å². The number of likely N-dealkylation sites (tertiary alicyclic amines) is 1. The molecule has 3 aromatic carbocycles. The predicted octanol–water partition coefficient (Wildman–Crippen LogP) is 4.43. The number of hydrogen-bond acceptors (Lipinski definition) is 7. The number of benzene rings is 3. The summed E-state index contributed by atoms with van der Waals surface area (Å²) in [7, 11) is 1.27. The first-order chi connectivity index (χ1) is 22.0. The Balaban J connectivity index is 1.05. The second-order valence-electron chi connectivity index (χ2n) is 11.2. The van der Waals surface area contributed by atoms with E-state index in [1.165, 1.54) is 7.11 Å². The minimum Gasteiger partial charge on any atom is -0.453 e. The van der Waals surface area contributed by atoms with Gasteiger partial charge in [-0.15, -0.1) is 0 Å². The number of alkyl carbamates (subject to hydrolysis) is 1. The van der Waals surface area contributed by atoms with E-state index in [1.807, 2.05) is 72.8 Å². The summed E-state index contributed by atoms with van der Waals surface area (Å²) in [5.41, 5.74) is 6.41. The number of anilines is 2. The molecule has 0 saturated carbocycles. The van der Waals surface area contributed by atoms with Crippen molar-refractivity contribution in [3.8, 4) is 22.4 Å². The molecule has 11 nitrogen and oxygen atoms in total. The smallest absolute Gasteiger partial charge is 0.407 e. The third-order valence-corrected chi connectivity index (χ3v) is 8.34. The van der Waals surface area contributed by atoms with Crippen LogP contribution in [0.3, 0.4) is 0 Å². The molecule has 11 heteroatoms. The molecular formula is C34H37N7O4. The summed E-state index contributed by atoms with van der Waals surface area (Å²) in [6.07, 6.45) is 2.82.